The van der Waals surface area contributed by atoms with Crippen LogP contribution in [0.15, 0.2) is 24.3 Å². The number of anilines is 1. The molecule has 1 saturated heterocycles. The summed E-state index contributed by atoms with van der Waals surface area (Å²) in [7, 11) is 0. The Morgan fingerprint density at radius 1 is 1.34 bits per heavy atom. The van der Waals surface area contributed by atoms with Gasteiger partial charge in [-0.05, 0) is 49.4 Å². The van der Waals surface area contributed by atoms with Gasteiger partial charge in [0.15, 0.2) is 0 Å². The number of carbonyl (C=O) groups excluding carboxylic acids is 1. The Labute approximate surface area is 175 Å². The Morgan fingerprint density at radius 2 is 2.17 bits per heavy atom. The number of β-amino-alcohol motifs (C(OH)–C–C–N with tert-alkyl or cyclic N) is 1. The van der Waals surface area contributed by atoms with Crippen molar-refractivity contribution in [1.82, 2.24) is 10.3 Å². The van der Waals surface area contributed by atoms with Crippen LogP contribution in [0.1, 0.15) is 49.4 Å². The van der Waals surface area contributed by atoms with Crippen molar-refractivity contribution in [3.8, 4) is 0 Å². The monoisotopic (exact) mass is 417 g/mol. The molecular weight excluding hydrogens is 390 g/mol. The van der Waals surface area contributed by atoms with Gasteiger partial charge in [0.2, 0.25) is 0 Å². The number of benzene rings is 1. The second kappa shape index (κ2) is 8.09. The van der Waals surface area contributed by atoms with Crippen LogP contribution in [-0.2, 0) is 0 Å². The molecule has 1 aliphatic carbocycles. The summed E-state index contributed by atoms with van der Waals surface area (Å²) in [5, 5.41) is 24.5. The predicted octanol–water partition coefficient (Wildman–Crippen LogP) is 3.13. The fourth-order valence-electron chi connectivity index (χ4n) is 4.65. The smallest absolute Gasteiger partial charge is 0.253 e. The van der Waals surface area contributed by atoms with Crippen LogP contribution >= 0.6 is 11.6 Å². The number of pyridine rings is 1. The number of hydrogen-bond donors (Lipinski definition) is 3. The molecule has 156 valence electrons. The number of nitrogens with zero attached hydrogens (tertiary/aromatic N) is 2. The van der Waals surface area contributed by atoms with Gasteiger partial charge in [-0.3, -0.25) is 4.79 Å². The van der Waals surface area contributed by atoms with Crippen molar-refractivity contribution in [2.24, 2.45) is 5.92 Å². The summed E-state index contributed by atoms with van der Waals surface area (Å²) in [5.41, 5.74) is 0.215. The standard InChI is InChI=1S/C22H28ClN3O3/c1-14-3-2-9-22(29,11-14)13-24-21(28)20-16-4-7-19(26-10-8-15(27)12-26)25-18(16)6-5-17(20)23/h4-7,14-15,27,29H,2-3,8-13H2,1H3,(H,24,28). The zero-order valence-electron chi connectivity index (χ0n) is 16.7. The normalized spacial score (nSPS) is 27.4. The van der Waals surface area contributed by atoms with E-state index in [-0.39, 0.29) is 18.6 Å². The first kappa shape index (κ1) is 20.4. The van der Waals surface area contributed by atoms with Crippen LogP contribution in [0.4, 0.5) is 5.82 Å². The zero-order chi connectivity index (χ0) is 20.6. The average Bonchev–Trinajstić information content (AvgIpc) is 3.12. The van der Waals surface area contributed by atoms with Crippen LogP contribution in [0.3, 0.4) is 0 Å². The molecule has 3 N–H and O–H groups in total. The lowest BCUT2D eigenvalue weighted by Gasteiger charge is -2.35. The maximum absolute atomic E-state index is 13.0. The van der Waals surface area contributed by atoms with E-state index < -0.39 is 5.60 Å². The maximum atomic E-state index is 13.0. The molecule has 7 heteroatoms. The highest BCUT2D eigenvalue weighted by molar-refractivity contribution is 6.35. The molecule has 2 heterocycles. The molecule has 0 bridgehead atoms. The van der Waals surface area contributed by atoms with Gasteiger partial charge in [-0.15, -0.1) is 0 Å². The van der Waals surface area contributed by atoms with Crippen molar-refractivity contribution in [1.29, 1.82) is 0 Å². The van der Waals surface area contributed by atoms with E-state index in [1.807, 2.05) is 17.0 Å². The number of carbonyl (C=O) groups is 1. The highest BCUT2D eigenvalue weighted by Gasteiger charge is 2.33. The second-order valence-electron chi connectivity index (χ2n) is 8.66. The van der Waals surface area contributed by atoms with E-state index in [0.717, 1.165) is 31.6 Å². The van der Waals surface area contributed by atoms with Crippen molar-refractivity contribution < 1.29 is 15.0 Å². The summed E-state index contributed by atoms with van der Waals surface area (Å²) in [6, 6.07) is 7.22. The van der Waals surface area contributed by atoms with Gasteiger partial charge in [0, 0.05) is 25.0 Å². The van der Waals surface area contributed by atoms with Gasteiger partial charge in [0.1, 0.15) is 5.82 Å². The largest absolute Gasteiger partial charge is 0.391 e. The third kappa shape index (κ3) is 4.34. The molecule has 4 rings (SSSR count). The Balaban J connectivity index is 1.56. The lowest BCUT2D eigenvalue weighted by molar-refractivity contribution is -0.0109. The Hall–Kier alpha value is -1.89. The Kier molecular flexibility index (Phi) is 5.69. The van der Waals surface area contributed by atoms with Gasteiger partial charge in [-0.1, -0.05) is 31.4 Å². The summed E-state index contributed by atoms with van der Waals surface area (Å²) >= 11 is 6.37. The summed E-state index contributed by atoms with van der Waals surface area (Å²) in [4.78, 5) is 19.7. The highest BCUT2D eigenvalue weighted by atomic mass is 35.5. The van der Waals surface area contributed by atoms with Crippen molar-refractivity contribution in [2.45, 2.75) is 50.7 Å². The van der Waals surface area contributed by atoms with E-state index >= 15 is 0 Å². The number of aromatic nitrogens is 1. The van der Waals surface area contributed by atoms with Crippen LogP contribution in [0.25, 0.3) is 10.9 Å². The lowest BCUT2D eigenvalue weighted by Crippen LogP contribution is -2.45. The zero-order valence-corrected chi connectivity index (χ0v) is 17.5. The van der Waals surface area contributed by atoms with Crippen molar-refractivity contribution in [3.05, 3.63) is 34.9 Å². The van der Waals surface area contributed by atoms with Crippen LogP contribution in [0.2, 0.25) is 5.02 Å². The number of rotatable bonds is 4. The SMILES string of the molecule is CC1CCCC(O)(CNC(=O)c2c(Cl)ccc3nc(N4CCC(O)C4)ccc23)C1. The molecule has 3 unspecified atom stereocenters. The van der Waals surface area contributed by atoms with Crippen molar-refractivity contribution >= 4 is 34.2 Å². The minimum atomic E-state index is -0.855. The number of amides is 1. The van der Waals surface area contributed by atoms with Gasteiger partial charge in [-0.25, -0.2) is 4.98 Å². The molecular formula is C22H28ClN3O3. The molecule has 1 aromatic carbocycles. The van der Waals surface area contributed by atoms with Gasteiger partial charge in [-0.2, -0.15) is 0 Å². The van der Waals surface area contributed by atoms with E-state index in [0.29, 0.717) is 46.8 Å². The summed E-state index contributed by atoms with van der Waals surface area (Å²) < 4.78 is 0. The van der Waals surface area contributed by atoms with Crippen LogP contribution in [0, 0.1) is 5.92 Å². The fourth-order valence-corrected chi connectivity index (χ4v) is 4.90. The molecule has 29 heavy (non-hydrogen) atoms. The Bertz CT molecular complexity index is 922. The molecule has 0 radical (unpaired) electrons. The number of halogens is 1. The Morgan fingerprint density at radius 3 is 2.90 bits per heavy atom. The molecule has 1 amide bonds. The molecule has 6 nitrogen and oxygen atoms in total. The van der Waals surface area contributed by atoms with E-state index in [9.17, 15) is 15.0 Å². The van der Waals surface area contributed by atoms with E-state index in [2.05, 4.69) is 17.2 Å². The maximum Gasteiger partial charge on any atom is 0.253 e. The molecule has 2 aromatic rings. The molecule has 1 saturated carbocycles. The van der Waals surface area contributed by atoms with Crippen LogP contribution in [0.5, 0.6) is 0 Å². The number of fused-ring (bicyclic) bond motifs is 1. The summed E-state index contributed by atoms with van der Waals surface area (Å²) in [5.74, 6) is 0.949. The number of hydrogen-bond acceptors (Lipinski definition) is 5. The second-order valence-corrected chi connectivity index (χ2v) is 9.06. The van der Waals surface area contributed by atoms with E-state index in [1.165, 1.54) is 0 Å². The third-order valence-corrected chi connectivity index (χ3v) is 6.48. The van der Waals surface area contributed by atoms with Gasteiger partial charge in [0.25, 0.3) is 5.91 Å². The average molecular weight is 418 g/mol. The molecule has 1 aromatic heterocycles. The van der Waals surface area contributed by atoms with Crippen molar-refractivity contribution in [3.63, 3.8) is 0 Å². The number of aliphatic hydroxyl groups is 2. The lowest BCUT2D eigenvalue weighted by atomic mass is 9.79. The molecule has 3 atom stereocenters. The summed E-state index contributed by atoms with van der Waals surface area (Å²) in [6.07, 6.45) is 3.90. The quantitative estimate of drug-likeness (QED) is 0.711. The molecule has 2 aliphatic rings. The first-order valence-electron chi connectivity index (χ1n) is 10.4. The van der Waals surface area contributed by atoms with E-state index in [1.54, 1.807) is 12.1 Å². The number of aliphatic hydroxyl groups excluding tert-OH is 1. The molecule has 1 aliphatic heterocycles. The van der Waals surface area contributed by atoms with Gasteiger partial charge >= 0.3 is 0 Å². The predicted molar refractivity (Wildman–Crippen MR) is 115 cm³/mol. The van der Waals surface area contributed by atoms with Gasteiger partial charge in [0.05, 0.1) is 27.8 Å². The topological polar surface area (TPSA) is 85.7 Å². The minimum absolute atomic E-state index is 0.222. The first-order chi connectivity index (χ1) is 13.8. The molecule has 2 fully saturated rings. The van der Waals surface area contributed by atoms with Crippen LogP contribution in [-0.4, -0.2) is 52.4 Å². The number of nitrogens with one attached hydrogen (secondary N) is 1. The first-order valence-corrected chi connectivity index (χ1v) is 10.8. The third-order valence-electron chi connectivity index (χ3n) is 6.17. The van der Waals surface area contributed by atoms with Crippen molar-refractivity contribution in [2.75, 3.05) is 24.5 Å². The fraction of sp³-hybridized carbons (Fsp3) is 0.545. The summed E-state index contributed by atoms with van der Waals surface area (Å²) in [6.45, 7) is 3.68. The van der Waals surface area contributed by atoms with E-state index in [4.69, 9.17) is 11.6 Å². The van der Waals surface area contributed by atoms with Gasteiger partial charge < -0.3 is 20.4 Å². The van der Waals surface area contributed by atoms with Crippen LogP contribution < -0.4 is 10.2 Å². The molecule has 0 spiro atoms. The highest BCUT2D eigenvalue weighted by Crippen LogP contribution is 2.32. The minimum Gasteiger partial charge on any atom is -0.391 e.